The average Bonchev–Trinajstić information content (AvgIpc) is 2.88. The van der Waals surface area contributed by atoms with E-state index in [0.29, 0.717) is 34.4 Å². The van der Waals surface area contributed by atoms with Crippen molar-refractivity contribution in [2.24, 2.45) is 0 Å². The fourth-order valence-corrected chi connectivity index (χ4v) is 3.11. The third-order valence-corrected chi connectivity index (χ3v) is 5.04. The van der Waals surface area contributed by atoms with Crippen molar-refractivity contribution < 1.29 is 9.32 Å². The van der Waals surface area contributed by atoms with Gasteiger partial charge in [0.2, 0.25) is 11.1 Å². The summed E-state index contributed by atoms with van der Waals surface area (Å²) in [5.41, 5.74) is 2.18. The minimum absolute atomic E-state index is 0.0389. The molecule has 26 heavy (non-hydrogen) atoms. The standard InChI is InChI=1S/C18H22Cl3N3O2/c1-12-14(18(21)26-22-12)10-17(25)24(8-4-7-23(2)3)11-13-5-6-15(19)16(20)9-13/h5-6,9H,4,7-8,10-11H2,1-3H3. The first-order chi connectivity index (χ1) is 12.3. The van der Waals surface area contributed by atoms with Gasteiger partial charge in [0.15, 0.2) is 0 Å². The smallest absolute Gasteiger partial charge is 0.229 e. The first kappa shape index (κ1) is 21.0. The minimum atomic E-state index is -0.0389. The number of carbonyl (C=O) groups is 1. The Morgan fingerprint density at radius 1 is 1.15 bits per heavy atom. The summed E-state index contributed by atoms with van der Waals surface area (Å²) >= 11 is 18.1. The van der Waals surface area contributed by atoms with Gasteiger partial charge in [0.25, 0.3) is 0 Å². The maximum Gasteiger partial charge on any atom is 0.229 e. The Bertz CT molecular complexity index is 743. The Morgan fingerprint density at radius 2 is 1.88 bits per heavy atom. The highest BCUT2D eigenvalue weighted by Gasteiger charge is 2.20. The lowest BCUT2D eigenvalue weighted by Gasteiger charge is -2.24. The third kappa shape index (κ3) is 5.88. The zero-order chi connectivity index (χ0) is 19.3. The number of nitrogens with zero attached hydrogens (tertiary/aromatic N) is 3. The Kier molecular flexibility index (Phi) is 7.77. The van der Waals surface area contributed by atoms with Gasteiger partial charge in [-0.15, -0.1) is 0 Å². The number of benzene rings is 1. The predicted molar refractivity (Wildman–Crippen MR) is 105 cm³/mol. The average molecular weight is 419 g/mol. The molecule has 0 aliphatic rings. The maximum absolute atomic E-state index is 12.9. The van der Waals surface area contributed by atoms with Crippen LogP contribution in [-0.4, -0.2) is 48.0 Å². The highest BCUT2D eigenvalue weighted by Crippen LogP contribution is 2.24. The predicted octanol–water partition coefficient (Wildman–Crippen LogP) is 4.47. The van der Waals surface area contributed by atoms with Crippen LogP contribution in [-0.2, 0) is 17.8 Å². The Morgan fingerprint density at radius 3 is 2.46 bits per heavy atom. The molecule has 0 atom stereocenters. The van der Waals surface area contributed by atoms with E-state index in [1.54, 1.807) is 24.0 Å². The number of aromatic nitrogens is 1. The number of hydrogen-bond acceptors (Lipinski definition) is 4. The molecule has 1 aromatic heterocycles. The van der Waals surface area contributed by atoms with E-state index in [-0.39, 0.29) is 17.5 Å². The van der Waals surface area contributed by atoms with Gasteiger partial charge in [-0.1, -0.05) is 34.4 Å². The number of rotatable bonds is 8. The molecule has 0 saturated heterocycles. The van der Waals surface area contributed by atoms with E-state index in [1.165, 1.54) is 0 Å². The molecule has 1 amide bonds. The number of carbonyl (C=O) groups excluding carboxylic acids is 1. The lowest BCUT2D eigenvalue weighted by atomic mass is 10.1. The second kappa shape index (κ2) is 9.60. The number of aryl methyl sites for hydroxylation is 1. The molecule has 142 valence electrons. The second-order valence-corrected chi connectivity index (χ2v) is 7.58. The van der Waals surface area contributed by atoms with Crippen LogP contribution in [0.2, 0.25) is 15.3 Å². The number of amides is 1. The lowest BCUT2D eigenvalue weighted by molar-refractivity contribution is -0.131. The van der Waals surface area contributed by atoms with E-state index < -0.39 is 0 Å². The van der Waals surface area contributed by atoms with Gasteiger partial charge >= 0.3 is 0 Å². The van der Waals surface area contributed by atoms with Gasteiger partial charge in [0, 0.05) is 18.7 Å². The van der Waals surface area contributed by atoms with Crippen LogP contribution in [0.4, 0.5) is 0 Å². The van der Waals surface area contributed by atoms with E-state index in [9.17, 15) is 4.79 Å². The fraction of sp³-hybridized carbons (Fsp3) is 0.444. The normalized spacial score (nSPS) is 11.2. The highest BCUT2D eigenvalue weighted by atomic mass is 35.5. The van der Waals surface area contributed by atoms with Crippen LogP contribution in [0.1, 0.15) is 23.2 Å². The quantitative estimate of drug-likeness (QED) is 0.635. The van der Waals surface area contributed by atoms with Crippen LogP contribution >= 0.6 is 34.8 Å². The molecule has 0 saturated carbocycles. The Balaban J connectivity index is 2.13. The molecule has 0 N–H and O–H groups in total. The SMILES string of the molecule is Cc1noc(Cl)c1CC(=O)N(CCCN(C)C)Cc1ccc(Cl)c(Cl)c1. The van der Waals surface area contributed by atoms with E-state index in [4.69, 9.17) is 39.3 Å². The third-order valence-electron chi connectivity index (χ3n) is 4.01. The van der Waals surface area contributed by atoms with Gasteiger partial charge in [-0.25, -0.2) is 0 Å². The van der Waals surface area contributed by atoms with Crippen LogP contribution in [0.3, 0.4) is 0 Å². The molecule has 1 heterocycles. The molecule has 1 aromatic carbocycles. The van der Waals surface area contributed by atoms with Crippen molar-refractivity contribution >= 4 is 40.7 Å². The monoisotopic (exact) mass is 417 g/mol. The summed E-state index contributed by atoms with van der Waals surface area (Å²) in [5.74, 6) is -0.0389. The zero-order valence-corrected chi connectivity index (χ0v) is 17.3. The van der Waals surface area contributed by atoms with Crippen molar-refractivity contribution in [3.8, 4) is 0 Å². The van der Waals surface area contributed by atoms with Crippen LogP contribution in [0.5, 0.6) is 0 Å². The van der Waals surface area contributed by atoms with Gasteiger partial charge < -0.3 is 14.3 Å². The molecule has 5 nitrogen and oxygen atoms in total. The van der Waals surface area contributed by atoms with E-state index in [0.717, 1.165) is 18.5 Å². The largest absolute Gasteiger partial charge is 0.344 e. The topological polar surface area (TPSA) is 49.6 Å². The van der Waals surface area contributed by atoms with Gasteiger partial charge in [-0.05, 0) is 63.3 Å². The molecular weight excluding hydrogens is 397 g/mol. The van der Waals surface area contributed by atoms with Crippen molar-refractivity contribution in [1.82, 2.24) is 15.0 Å². The summed E-state index contributed by atoms with van der Waals surface area (Å²) in [4.78, 5) is 16.8. The summed E-state index contributed by atoms with van der Waals surface area (Å²) in [6.07, 6.45) is 1.01. The second-order valence-electron chi connectivity index (χ2n) is 6.42. The maximum atomic E-state index is 12.9. The summed E-state index contributed by atoms with van der Waals surface area (Å²) in [5, 5.41) is 4.94. The first-order valence-corrected chi connectivity index (χ1v) is 9.38. The van der Waals surface area contributed by atoms with E-state index in [2.05, 4.69) is 10.1 Å². The van der Waals surface area contributed by atoms with E-state index >= 15 is 0 Å². The van der Waals surface area contributed by atoms with Crippen LogP contribution in [0.25, 0.3) is 0 Å². The van der Waals surface area contributed by atoms with E-state index in [1.807, 2.05) is 20.2 Å². The summed E-state index contributed by atoms with van der Waals surface area (Å²) in [6.45, 7) is 3.73. The summed E-state index contributed by atoms with van der Waals surface area (Å²) in [7, 11) is 4.01. The minimum Gasteiger partial charge on any atom is -0.344 e. The molecule has 0 radical (unpaired) electrons. The van der Waals surface area contributed by atoms with Crippen molar-refractivity contribution in [2.75, 3.05) is 27.2 Å². The molecule has 2 aromatic rings. The molecule has 2 rings (SSSR count). The van der Waals surface area contributed by atoms with Crippen molar-refractivity contribution in [3.63, 3.8) is 0 Å². The first-order valence-electron chi connectivity index (χ1n) is 8.25. The highest BCUT2D eigenvalue weighted by molar-refractivity contribution is 6.42. The van der Waals surface area contributed by atoms with Gasteiger partial charge in [-0.3, -0.25) is 4.79 Å². The van der Waals surface area contributed by atoms with Crippen molar-refractivity contribution in [3.05, 3.63) is 50.3 Å². The number of hydrogen-bond donors (Lipinski definition) is 0. The van der Waals surface area contributed by atoms with Crippen molar-refractivity contribution in [2.45, 2.75) is 26.3 Å². The van der Waals surface area contributed by atoms with Gasteiger partial charge in [-0.2, -0.15) is 0 Å². The Hall–Kier alpha value is -1.27. The molecule has 0 unspecified atom stereocenters. The molecule has 0 aliphatic heterocycles. The van der Waals surface area contributed by atoms with Gasteiger partial charge in [0.05, 0.1) is 22.2 Å². The Labute approximate surface area is 168 Å². The van der Waals surface area contributed by atoms with Crippen LogP contribution in [0, 0.1) is 6.92 Å². The fourth-order valence-electron chi connectivity index (χ4n) is 2.55. The lowest BCUT2D eigenvalue weighted by Crippen LogP contribution is -2.34. The van der Waals surface area contributed by atoms with Gasteiger partial charge in [0.1, 0.15) is 0 Å². The zero-order valence-electron chi connectivity index (χ0n) is 15.1. The molecule has 0 spiro atoms. The molecular formula is C18H22Cl3N3O2. The summed E-state index contributed by atoms with van der Waals surface area (Å²) < 4.78 is 4.94. The number of halogens is 3. The molecule has 0 aliphatic carbocycles. The van der Waals surface area contributed by atoms with Crippen molar-refractivity contribution in [1.29, 1.82) is 0 Å². The van der Waals surface area contributed by atoms with Crippen LogP contribution < -0.4 is 0 Å². The molecule has 8 heteroatoms. The molecule has 0 fully saturated rings. The summed E-state index contributed by atoms with van der Waals surface area (Å²) in [6, 6.07) is 5.40. The molecule has 0 bridgehead atoms. The van der Waals surface area contributed by atoms with Crippen LogP contribution in [0.15, 0.2) is 22.7 Å².